The van der Waals surface area contributed by atoms with Crippen molar-refractivity contribution in [3.8, 4) is 23.0 Å². The van der Waals surface area contributed by atoms with Gasteiger partial charge in [-0.3, -0.25) is 4.48 Å². The third-order valence-corrected chi connectivity index (χ3v) is 6.50. The lowest BCUT2D eigenvalue weighted by Gasteiger charge is -2.54. The Bertz CT molecular complexity index is 928. The van der Waals surface area contributed by atoms with Crippen LogP contribution in [-0.2, 0) is 25.1 Å². The molecule has 0 amide bonds. The van der Waals surface area contributed by atoms with E-state index in [-0.39, 0.29) is 0 Å². The molecule has 0 saturated carbocycles. The van der Waals surface area contributed by atoms with Crippen LogP contribution in [0.1, 0.15) is 22.3 Å². The van der Waals surface area contributed by atoms with Crippen molar-refractivity contribution < 1.29 is 28.5 Å². The van der Waals surface area contributed by atoms with Crippen LogP contribution in [0.5, 0.6) is 23.0 Å². The largest absolute Gasteiger partial charge is 0.493 e. The van der Waals surface area contributed by atoms with Gasteiger partial charge in [-0.15, -0.1) is 0 Å². The molecule has 6 heteroatoms. The highest BCUT2D eigenvalue weighted by Gasteiger charge is 2.56. The molecule has 28 heavy (non-hydrogen) atoms. The summed E-state index contributed by atoms with van der Waals surface area (Å²) in [6, 6.07) is 7.89. The lowest BCUT2D eigenvalue weighted by Crippen LogP contribution is -2.65. The minimum absolute atomic E-state index is 0.492. The van der Waals surface area contributed by atoms with Gasteiger partial charge in [0.25, 0.3) is 0 Å². The number of hydrogen-bond acceptors (Lipinski definition) is 5. The Hall–Kier alpha value is -2.44. The fraction of sp³-hybridized carbons (Fsp3) is 0.455. The molecule has 2 aliphatic rings. The van der Waals surface area contributed by atoms with Crippen molar-refractivity contribution in [1.29, 1.82) is 0 Å². The van der Waals surface area contributed by atoms with Crippen molar-refractivity contribution in [3.05, 3.63) is 46.5 Å². The van der Waals surface area contributed by atoms with E-state index in [1.54, 1.807) is 28.4 Å². The molecule has 0 bridgehead atoms. The summed E-state index contributed by atoms with van der Waals surface area (Å²) in [6.07, 6.45) is 1.36. The minimum atomic E-state index is -1.04. The Labute approximate surface area is 165 Å². The molecule has 2 heterocycles. The Morgan fingerprint density at radius 2 is 1.57 bits per heavy atom. The molecule has 4 rings (SSSR count). The fourth-order valence-corrected chi connectivity index (χ4v) is 4.82. The topological polar surface area (TPSA) is 57.2 Å². The van der Waals surface area contributed by atoms with Gasteiger partial charge in [-0.05, 0) is 29.3 Å². The number of nitrogens with zero attached hydrogens (tertiary/aromatic N) is 1. The molecule has 6 nitrogen and oxygen atoms in total. The van der Waals surface area contributed by atoms with Gasteiger partial charge >= 0.3 is 0 Å². The van der Waals surface area contributed by atoms with Gasteiger partial charge in [-0.25, -0.2) is 0 Å². The summed E-state index contributed by atoms with van der Waals surface area (Å²) in [4.78, 5) is 0. The molecule has 2 atom stereocenters. The first-order valence-corrected chi connectivity index (χ1v) is 9.46. The standard InChI is InChI=1S/C22H28NO5/c1-23-9-8-14-10-19(26-3)20(27-4)11-17(14)22(23,24)12-15-6-7-18(25-2)21(28-5)16(15)13-23/h6-7,10-11,24H,8-9,12-13H2,1-5H3/q+1/t22-,23+/m1/s1. The van der Waals surface area contributed by atoms with Gasteiger partial charge in [0, 0.05) is 12.0 Å². The predicted octanol–water partition coefficient (Wildman–Crippen LogP) is 2.63. The zero-order valence-electron chi connectivity index (χ0n) is 17.2. The second-order valence-electron chi connectivity index (χ2n) is 7.82. The average molecular weight is 386 g/mol. The third-order valence-electron chi connectivity index (χ3n) is 6.50. The van der Waals surface area contributed by atoms with Crippen molar-refractivity contribution >= 4 is 0 Å². The Morgan fingerprint density at radius 3 is 2.21 bits per heavy atom. The molecular formula is C22H28NO5+. The van der Waals surface area contributed by atoms with E-state index < -0.39 is 5.72 Å². The molecule has 0 aromatic heterocycles. The van der Waals surface area contributed by atoms with Gasteiger partial charge in [0.15, 0.2) is 23.0 Å². The highest BCUT2D eigenvalue weighted by atomic mass is 16.5. The first kappa shape index (κ1) is 18.9. The molecule has 0 unspecified atom stereocenters. The van der Waals surface area contributed by atoms with E-state index in [4.69, 9.17) is 18.9 Å². The van der Waals surface area contributed by atoms with E-state index in [1.165, 1.54) is 0 Å². The lowest BCUT2D eigenvalue weighted by molar-refractivity contribution is -1.01. The van der Waals surface area contributed by atoms with Gasteiger partial charge in [0.2, 0.25) is 5.72 Å². The second-order valence-corrected chi connectivity index (χ2v) is 7.82. The van der Waals surface area contributed by atoms with Crippen molar-refractivity contribution in [2.45, 2.75) is 25.1 Å². The highest BCUT2D eigenvalue weighted by molar-refractivity contribution is 5.54. The summed E-state index contributed by atoms with van der Waals surface area (Å²) in [5.41, 5.74) is 3.18. The van der Waals surface area contributed by atoms with Crippen molar-refractivity contribution in [2.75, 3.05) is 42.0 Å². The first-order chi connectivity index (χ1) is 13.4. The second kappa shape index (κ2) is 6.57. The summed E-state index contributed by atoms with van der Waals surface area (Å²) >= 11 is 0. The summed E-state index contributed by atoms with van der Waals surface area (Å²) in [5.74, 6) is 2.83. The van der Waals surface area contributed by atoms with Crippen LogP contribution in [-0.4, -0.2) is 51.6 Å². The van der Waals surface area contributed by atoms with Crippen LogP contribution in [0.25, 0.3) is 0 Å². The van der Waals surface area contributed by atoms with Crippen LogP contribution in [0, 0.1) is 0 Å². The molecule has 0 spiro atoms. The Kier molecular flexibility index (Phi) is 4.43. The van der Waals surface area contributed by atoms with E-state index in [0.29, 0.717) is 28.9 Å². The maximum absolute atomic E-state index is 12.0. The number of methoxy groups -OCH3 is 4. The zero-order chi connectivity index (χ0) is 20.1. The van der Waals surface area contributed by atoms with E-state index in [1.807, 2.05) is 24.3 Å². The number of quaternary nitrogens is 1. The Morgan fingerprint density at radius 1 is 0.893 bits per heavy atom. The van der Waals surface area contributed by atoms with Crippen LogP contribution < -0.4 is 18.9 Å². The molecule has 150 valence electrons. The summed E-state index contributed by atoms with van der Waals surface area (Å²) in [5, 5.41) is 12.0. The van der Waals surface area contributed by atoms with Crippen LogP contribution in [0.2, 0.25) is 0 Å². The summed E-state index contributed by atoms with van der Waals surface area (Å²) in [6.45, 7) is 1.48. The number of benzene rings is 2. The molecule has 2 aromatic carbocycles. The van der Waals surface area contributed by atoms with E-state index in [2.05, 4.69) is 7.05 Å². The van der Waals surface area contributed by atoms with E-state index in [0.717, 1.165) is 46.7 Å². The number of hydrogen-bond donors (Lipinski definition) is 1. The molecule has 0 radical (unpaired) electrons. The zero-order valence-corrected chi connectivity index (χ0v) is 17.2. The van der Waals surface area contributed by atoms with Crippen molar-refractivity contribution in [2.24, 2.45) is 0 Å². The van der Waals surface area contributed by atoms with Gasteiger partial charge in [0.05, 0.1) is 54.0 Å². The quantitative estimate of drug-likeness (QED) is 0.819. The van der Waals surface area contributed by atoms with Gasteiger partial charge in [0.1, 0.15) is 6.54 Å². The fourth-order valence-electron chi connectivity index (χ4n) is 4.82. The van der Waals surface area contributed by atoms with Crippen LogP contribution >= 0.6 is 0 Å². The first-order valence-electron chi connectivity index (χ1n) is 9.46. The third kappa shape index (κ3) is 2.48. The van der Waals surface area contributed by atoms with E-state index in [9.17, 15) is 5.11 Å². The SMILES string of the molecule is COc1cc2c(cc1OC)[C@]1(O)Cc3ccc(OC)c(OC)c3C[N@+]1(C)CC2. The van der Waals surface area contributed by atoms with Crippen LogP contribution in [0.15, 0.2) is 24.3 Å². The number of rotatable bonds is 4. The molecular weight excluding hydrogens is 358 g/mol. The van der Waals surface area contributed by atoms with E-state index >= 15 is 0 Å². The summed E-state index contributed by atoms with van der Waals surface area (Å²) in [7, 11) is 8.69. The maximum Gasteiger partial charge on any atom is 0.232 e. The summed E-state index contributed by atoms with van der Waals surface area (Å²) < 4.78 is 22.6. The number of aliphatic hydroxyl groups is 1. The smallest absolute Gasteiger partial charge is 0.232 e. The normalized spacial score (nSPS) is 25.2. The number of fused-ring (bicyclic) bond motifs is 4. The van der Waals surface area contributed by atoms with Crippen LogP contribution in [0.3, 0.4) is 0 Å². The lowest BCUT2D eigenvalue weighted by atomic mass is 9.78. The van der Waals surface area contributed by atoms with Crippen molar-refractivity contribution in [1.82, 2.24) is 0 Å². The monoisotopic (exact) mass is 386 g/mol. The molecule has 2 aromatic rings. The average Bonchev–Trinajstić information content (AvgIpc) is 2.71. The van der Waals surface area contributed by atoms with Gasteiger partial charge in [-0.2, -0.15) is 0 Å². The molecule has 0 saturated heterocycles. The highest BCUT2D eigenvalue weighted by Crippen LogP contribution is 2.51. The van der Waals surface area contributed by atoms with Gasteiger partial charge in [-0.1, -0.05) is 6.07 Å². The number of ether oxygens (including phenoxy) is 4. The molecule has 2 aliphatic heterocycles. The minimum Gasteiger partial charge on any atom is -0.493 e. The molecule has 0 aliphatic carbocycles. The molecule has 0 fully saturated rings. The van der Waals surface area contributed by atoms with Crippen LogP contribution in [0.4, 0.5) is 0 Å². The predicted molar refractivity (Wildman–Crippen MR) is 105 cm³/mol. The number of likely N-dealkylation sites (N-methyl/N-ethyl adjacent to an activating group) is 1. The van der Waals surface area contributed by atoms with Crippen molar-refractivity contribution in [3.63, 3.8) is 0 Å². The van der Waals surface area contributed by atoms with Gasteiger partial charge < -0.3 is 24.1 Å². The Balaban J connectivity index is 1.89. The molecule has 1 N–H and O–H groups in total. The maximum atomic E-state index is 12.0.